The molecule has 1 aliphatic rings. The Balaban J connectivity index is 2.30. The molecule has 1 atom stereocenters. The van der Waals surface area contributed by atoms with Crippen LogP contribution in [0.2, 0.25) is 0 Å². The molecule has 0 fully saturated rings. The fraction of sp³-hybridized carbons (Fsp3) is 0.333. The molecule has 1 heterocycles. The zero-order valence-electron chi connectivity index (χ0n) is 11.8. The number of esters is 1. The molecule has 1 aromatic carbocycles. The highest BCUT2D eigenvalue weighted by molar-refractivity contribution is 7.15. The molecule has 0 bridgehead atoms. The molecule has 1 aromatic heterocycles. The third kappa shape index (κ3) is 1.86. The van der Waals surface area contributed by atoms with Crippen LogP contribution in [0.4, 0.5) is 9.52 Å². The SMILES string of the molecule is COC(=O)[C@@]1(c2cccc(F)c2C)CCc2nc(N)sc21. The number of anilines is 1. The summed E-state index contributed by atoms with van der Waals surface area (Å²) in [6, 6.07) is 4.78. The Labute approximate surface area is 125 Å². The number of benzene rings is 1. The second-order valence-corrected chi connectivity index (χ2v) is 6.17. The fourth-order valence-electron chi connectivity index (χ4n) is 3.10. The molecular weight excluding hydrogens is 291 g/mol. The van der Waals surface area contributed by atoms with Gasteiger partial charge in [-0.15, -0.1) is 11.3 Å². The highest BCUT2D eigenvalue weighted by Gasteiger charge is 2.51. The van der Waals surface area contributed by atoms with Crippen molar-refractivity contribution < 1.29 is 13.9 Å². The molecule has 0 unspecified atom stereocenters. The molecular formula is C15H15FN2O2S. The molecule has 21 heavy (non-hydrogen) atoms. The zero-order valence-corrected chi connectivity index (χ0v) is 12.6. The van der Waals surface area contributed by atoms with Crippen molar-refractivity contribution in [1.82, 2.24) is 4.98 Å². The van der Waals surface area contributed by atoms with Crippen LogP contribution in [-0.2, 0) is 21.4 Å². The third-order valence-electron chi connectivity index (χ3n) is 4.10. The zero-order chi connectivity index (χ0) is 15.2. The summed E-state index contributed by atoms with van der Waals surface area (Å²) in [7, 11) is 1.35. The summed E-state index contributed by atoms with van der Waals surface area (Å²) in [5.41, 5.74) is 6.69. The van der Waals surface area contributed by atoms with Crippen LogP contribution in [-0.4, -0.2) is 18.1 Å². The molecule has 1 aliphatic carbocycles. The number of hydrogen-bond donors (Lipinski definition) is 1. The maximum absolute atomic E-state index is 14.0. The Kier molecular flexibility index (Phi) is 3.20. The van der Waals surface area contributed by atoms with E-state index in [0.29, 0.717) is 29.1 Å². The highest BCUT2D eigenvalue weighted by atomic mass is 32.1. The van der Waals surface area contributed by atoms with Gasteiger partial charge in [0, 0.05) is 0 Å². The van der Waals surface area contributed by atoms with E-state index >= 15 is 0 Å². The van der Waals surface area contributed by atoms with E-state index in [1.54, 1.807) is 19.1 Å². The van der Waals surface area contributed by atoms with Gasteiger partial charge in [0.05, 0.1) is 17.7 Å². The van der Waals surface area contributed by atoms with Gasteiger partial charge in [0.2, 0.25) is 0 Å². The molecule has 2 aromatic rings. The van der Waals surface area contributed by atoms with E-state index in [1.807, 2.05) is 0 Å². The van der Waals surface area contributed by atoms with Crippen LogP contribution in [0.1, 0.15) is 28.1 Å². The van der Waals surface area contributed by atoms with E-state index in [1.165, 1.54) is 24.5 Å². The first-order valence-corrected chi connectivity index (χ1v) is 7.42. The van der Waals surface area contributed by atoms with Crippen LogP contribution in [0.3, 0.4) is 0 Å². The van der Waals surface area contributed by atoms with Crippen molar-refractivity contribution in [2.45, 2.75) is 25.2 Å². The standard InChI is InChI=1S/C15H15FN2O2S/c1-8-9(4-3-5-10(8)16)15(13(19)20-2)7-6-11-12(15)21-14(17)18-11/h3-5H,6-7H2,1-2H3,(H2,17,18)/t15-/m1/s1. The lowest BCUT2D eigenvalue weighted by Crippen LogP contribution is -2.36. The molecule has 3 rings (SSSR count). The van der Waals surface area contributed by atoms with Crippen LogP contribution < -0.4 is 5.73 Å². The molecule has 6 heteroatoms. The lowest BCUT2D eigenvalue weighted by Gasteiger charge is -2.28. The average molecular weight is 306 g/mol. The summed E-state index contributed by atoms with van der Waals surface area (Å²) >= 11 is 1.28. The van der Waals surface area contributed by atoms with Crippen LogP contribution in [0.25, 0.3) is 0 Å². The number of nitrogens with zero attached hydrogens (tertiary/aromatic N) is 1. The van der Waals surface area contributed by atoms with Gasteiger partial charge in [-0.3, -0.25) is 4.79 Å². The van der Waals surface area contributed by atoms with Gasteiger partial charge in [0.25, 0.3) is 0 Å². The van der Waals surface area contributed by atoms with Crippen molar-refractivity contribution in [2.24, 2.45) is 0 Å². The maximum Gasteiger partial charge on any atom is 0.321 e. The Bertz CT molecular complexity index is 728. The van der Waals surface area contributed by atoms with Crippen LogP contribution >= 0.6 is 11.3 Å². The van der Waals surface area contributed by atoms with Crippen molar-refractivity contribution in [3.05, 3.63) is 45.7 Å². The Morgan fingerprint density at radius 2 is 2.29 bits per heavy atom. The predicted octanol–water partition coefficient (Wildman–Crippen LogP) is 2.58. The molecule has 110 valence electrons. The van der Waals surface area contributed by atoms with E-state index in [4.69, 9.17) is 10.5 Å². The van der Waals surface area contributed by atoms with E-state index in [-0.39, 0.29) is 5.82 Å². The van der Waals surface area contributed by atoms with E-state index in [0.717, 1.165) is 10.6 Å². The molecule has 0 saturated carbocycles. The predicted molar refractivity (Wildman–Crippen MR) is 78.8 cm³/mol. The fourth-order valence-corrected chi connectivity index (χ4v) is 4.20. The number of aryl methyl sites for hydroxylation is 1. The van der Waals surface area contributed by atoms with Crippen molar-refractivity contribution >= 4 is 22.4 Å². The molecule has 0 saturated heterocycles. The van der Waals surface area contributed by atoms with Crippen LogP contribution in [0.15, 0.2) is 18.2 Å². The van der Waals surface area contributed by atoms with Crippen molar-refractivity contribution in [2.75, 3.05) is 12.8 Å². The number of aromatic nitrogens is 1. The van der Waals surface area contributed by atoms with Crippen molar-refractivity contribution in [3.8, 4) is 0 Å². The monoisotopic (exact) mass is 306 g/mol. The molecule has 0 amide bonds. The first-order valence-electron chi connectivity index (χ1n) is 6.60. The van der Waals surface area contributed by atoms with Crippen LogP contribution in [0.5, 0.6) is 0 Å². The van der Waals surface area contributed by atoms with Crippen LogP contribution in [0, 0.1) is 12.7 Å². The van der Waals surface area contributed by atoms with Gasteiger partial charge in [0.15, 0.2) is 5.13 Å². The minimum Gasteiger partial charge on any atom is -0.468 e. The number of thiazole rings is 1. The second kappa shape index (κ2) is 4.80. The minimum atomic E-state index is -0.994. The molecule has 2 N–H and O–H groups in total. The van der Waals surface area contributed by atoms with E-state index in [2.05, 4.69) is 4.98 Å². The lowest BCUT2D eigenvalue weighted by atomic mass is 9.77. The second-order valence-electron chi connectivity index (χ2n) is 5.14. The first-order chi connectivity index (χ1) is 10.0. The summed E-state index contributed by atoms with van der Waals surface area (Å²) in [4.78, 5) is 17.6. The number of carbonyl (C=O) groups excluding carboxylic acids is 1. The van der Waals surface area contributed by atoms with Gasteiger partial charge in [-0.2, -0.15) is 0 Å². The Hall–Kier alpha value is -1.95. The number of hydrogen-bond acceptors (Lipinski definition) is 5. The van der Waals surface area contributed by atoms with Gasteiger partial charge in [-0.05, 0) is 37.0 Å². The highest BCUT2D eigenvalue weighted by Crippen LogP contribution is 2.49. The Morgan fingerprint density at radius 1 is 1.52 bits per heavy atom. The summed E-state index contributed by atoms with van der Waals surface area (Å²) in [6.45, 7) is 1.68. The van der Waals surface area contributed by atoms with Gasteiger partial charge in [-0.1, -0.05) is 12.1 Å². The van der Waals surface area contributed by atoms with Crippen molar-refractivity contribution in [3.63, 3.8) is 0 Å². The minimum absolute atomic E-state index is 0.332. The number of nitrogen functional groups attached to an aromatic ring is 1. The largest absolute Gasteiger partial charge is 0.468 e. The lowest BCUT2D eigenvalue weighted by molar-refractivity contribution is -0.145. The summed E-state index contributed by atoms with van der Waals surface area (Å²) < 4.78 is 19.0. The normalized spacial score (nSPS) is 20.3. The average Bonchev–Trinajstić information content (AvgIpc) is 2.99. The summed E-state index contributed by atoms with van der Waals surface area (Å²) in [5, 5.41) is 0.419. The number of fused-ring (bicyclic) bond motifs is 1. The maximum atomic E-state index is 14.0. The Morgan fingerprint density at radius 3 is 3.00 bits per heavy atom. The smallest absolute Gasteiger partial charge is 0.321 e. The molecule has 0 spiro atoms. The molecule has 0 radical (unpaired) electrons. The third-order valence-corrected chi connectivity index (χ3v) is 5.19. The van der Waals surface area contributed by atoms with E-state index in [9.17, 15) is 9.18 Å². The topological polar surface area (TPSA) is 65.2 Å². The summed E-state index contributed by atoms with van der Waals surface area (Å²) in [6.07, 6.45) is 1.16. The summed E-state index contributed by atoms with van der Waals surface area (Å²) in [5.74, 6) is -0.722. The number of carbonyl (C=O) groups is 1. The van der Waals surface area contributed by atoms with Gasteiger partial charge >= 0.3 is 5.97 Å². The number of ether oxygens (including phenoxy) is 1. The number of rotatable bonds is 2. The molecule has 4 nitrogen and oxygen atoms in total. The number of methoxy groups -OCH3 is 1. The van der Waals surface area contributed by atoms with Gasteiger partial charge in [-0.25, -0.2) is 9.37 Å². The number of nitrogens with two attached hydrogens (primary N) is 1. The van der Waals surface area contributed by atoms with Gasteiger partial charge in [0.1, 0.15) is 11.2 Å². The molecule has 0 aliphatic heterocycles. The number of halogens is 1. The first kappa shape index (κ1) is 14.0. The van der Waals surface area contributed by atoms with Crippen molar-refractivity contribution in [1.29, 1.82) is 0 Å². The van der Waals surface area contributed by atoms with Gasteiger partial charge < -0.3 is 10.5 Å². The quantitative estimate of drug-likeness (QED) is 0.866. The van der Waals surface area contributed by atoms with E-state index < -0.39 is 11.4 Å².